The van der Waals surface area contributed by atoms with Crippen LogP contribution in [0.4, 0.5) is 5.82 Å². The predicted octanol–water partition coefficient (Wildman–Crippen LogP) is 3.58. The topological polar surface area (TPSA) is 57.6 Å². The van der Waals surface area contributed by atoms with Gasteiger partial charge in [0.15, 0.2) is 0 Å². The third-order valence-corrected chi connectivity index (χ3v) is 6.89. The van der Waals surface area contributed by atoms with E-state index in [1.165, 1.54) is 12.0 Å². The first-order valence-electron chi connectivity index (χ1n) is 10.4. The Morgan fingerprint density at radius 3 is 2.71 bits per heavy atom. The van der Waals surface area contributed by atoms with Gasteiger partial charge in [0.25, 0.3) is 0 Å². The van der Waals surface area contributed by atoms with Crippen molar-refractivity contribution >= 4 is 28.5 Å². The molecule has 4 rings (SSSR count). The van der Waals surface area contributed by atoms with Crippen LogP contribution in [-0.4, -0.2) is 53.9 Å². The second-order valence-electron chi connectivity index (χ2n) is 8.02. The van der Waals surface area contributed by atoms with E-state index in [-0.39, 0.29) is 0 Å². The van der Waals surface area contributed by atoms with Crippen LogP contribution >= 0.6 is 11.8 Å². The largest absolute Gasteiger partial charge is 0.497 e. The average molecular weight is 402 g/mol. The molecule has 0 unspecified atom stereocenters. The molecule has 6 heteroatoms. The van der Waals surface area contributed by atoms with Crippen LogP contribution in [0.1, 0.15) is 37.7 Å². The second kappa shape index (κ2) is 8.89. The monoisotopic (exact) mass is 401 g/mol. The minimum Gasteiger partial charge on any atom is -0.497 e. The van der Waals surface area contributed by atoms with Crippen LogP contribution in [0.15, 0.2) is 24.3 Å². The highest BCUT2D eigenvalue weighted by molar-refractivity contribution is 7.99. The van der Waals surface area contributed by atoms with Crippen molar-refractivity contribution < 1.29 is 9.84 Å². The average Bonchev–Trinajstić information content (AvgIpc) is 2.74. The van der Waals surface area contributed by atoms with Crippen LogP contribution in [-0.2, 0) is 6.54 Å². The fourth-order valence-electron chi connectivity index (χ4n) is 4.30. The first-order chi connectivity index (χ1) is 13.7. The van der Waals surface area contributed by atoms with Gasteiger partial charge >= 0.3 is 0 Å². The van der Waals surface area contributed by atoms with Crippen molar-refractivity contribution in [3.63, 3.8) is 0 Å². The van der Waals surface area contributed by atoms with Gasteiger partial charge in [0.05, 0.1) is 18.2 Å². The Labute approximate surface area is 171 Å². The van der Waals surface area contributed by atoms with E-state index in [1.54, 1.807) is 7.11 Å². The van der Waals surface area contributed by atoms with Gasteiger partial charge in [-0.05, 0) is 31.0 Å². The van der Waals surface area contributed by atoms with Gasteiger partial charge in [0, 0.05) is 54.7 Å². The predicted molar refractivity (Wildman–Crippen MR) is 118 cm³/mol. The zero-order chi connectivity index (χ0) is 19.4. The van der Waals surface area contributed by atoms with Crippen molar-refractivity contribution in [2.45, 2.75) is 44.2 Å². The quantitative estimate of drug-likeness (QED) is 0.772. The molecule has 1 aromatic carbocycles. The number of pyridine rings is 1. The highest BCUT2D eigenvalue weighted by atomic mass is 32.2. The van der Waals surface area contributed by atoms with E-state index < -0.39 is 5.60 Å². The summed E-state index contributed by atoms with van der Waals surface area (Å²) < 4.78 is 5.38. The lowest BCUT2D eigenvalue weighted by atomic mass is 9.85. The number of ether oxygens (including phenoxy) is 1. The number of nitrogens with one attached hydrogen (secondary N) is 1. The summed E-state index contributed by atoms with van der Waals surface area (Å²) in [5, 5.41) is 15.5. The Morgan fingerprint density at radius 1 is 1.18 bits per heavy atom. The van der Waals surface area contributed by atoms with Gasteiger partial charge in [0.2, 0.25) is 0 Å². The standard InChI is InChI=1S/C22H31N3O2S/c1-27-19-6-5-17-13-18(15-23-16-22(26)7-3-2-4-8-22)21(24-20(17)14-19)25-9-11-28-12-10-25/h5-6,13-14,23,26H,2-4,7-12,15-16H2,1H3. The lowest BCUT2D eigenvalue weighted by Gasteiger charge is -2.33. The molecule has 1 saturated carbocycles. The van der Waals surface area contributed by atoms with E-state index >= 15 is 0 Å². The van der Waals surface area contributed by atoms with Crippen molar-refractivity contribution in [3.05, 3.63) is 29.8 Å². The number of hydrogen-bond acceptors (Lipinski definition) is 6. The maximum Gasteiger partial charge on any atom is 0.133 e. The minimum absolute atomic E-state index is 0.544. The summed E-state index contributed by atoms with van der Waals surface area (Å²) in [5.41, 5.74) is 1.64. The summed E-state index contributed by atoms with van der Waals surface area (Å²) in [4.78, 5) is 7.43. The Morgan fingerprint density at radius 2 is 1.96 bits per heavy atom. The Kier molecular flexibility index (Phi) is 6.28. The molecule has 2 aromatic rings. The summed E-state index contributed by atoms with van der Waals surface area (Å²) in [6.07, 6.45) is 5.33. The summed E-state index contributed by atoms with van der Waals surface area (Å²) in [6.45, 7) is 3.45. The molecule has 1 aromatic heterocycles. The number of hydrogen-bond donors (Lipinski definition) is 2. The van der Waals surface area contributed by atoms with Crippen LogP contribution in [0.3, 0.4) is 0 Å². The van der Waals surface area contributed by atoms with Gasteiger partial charge in [-0.2, -0.15) is 11.8 Å². The van der Waals surface area contributed by atoms with Crippen LogP contribution in [0.25, 0.3) is 10.9 Å². The van der Waals surface area contributed by atoms with Gasteiger partial charge in [-0.25, -0.2) is 4.98 Å². The van der Waals surface area contributed by atoms with Gasteiger partial charge < -0.3 is 20.1 Å². The Bertz CT molecular complexity index is 802. The molecule has 2 fully saturated rings. The Balaban J connectivity index is 1.57. The Hall–Kier alpha value is -1.50. The number of benzene rings is 1. The molecule has 0 spiro atoms. The maximum atomic E-state index is 10.8. The summed E-state index contributed by atoms with van der Waals surface area (Å²) >= 11 is 2.01. The van der Waals surface area contributed by atoms with Gasteiger partial charge in [0.1, 0.15) is 11.6 Å². The van der Waals surface area contributed by atoms with Gasteiger partial charge in [-0.15, -0.1) is 0 Å². The first-order valence-corrected chi connectivity index (χ1v) is 11.6. The van der Waals surface area contributed by atoms with Crippen molar-refractivity contribution in [3.8, 4) is 5.75 Å². The van der Waals surface area contributed by atoms with E-state index in [9.17, 15) is 5.11 Å². The third kappa shape index (κ3) is 4.56. The molecule has 1 aliphatic heterocycles. The molecule has 152 valence electrons. The zero-order valence-electron chi connectivity index (χ0n) is 16.7. The number of aromatic nitrogens is 1. The van der Waals surface area contributed by atoms with Gasteiger partial charge in [-0.1, -0.05) is 19.3 Å². The molecule has 1 saturated heterocycles. The molecule has 0 radical (unpaired) electrons. The number of methoxy groups -OCH3 is 1. The lowest BCUT2D eigenvalue weighted by molar-refractivity contribution is 0.00468. The summed E-state index contributed by atoms with van der Waals surface area (Å²) in [7, 11) is 1.69. The highest BCUT2D eigenvalue weighted by Gasteiger charge is 2.28. The molecule has 5 nitrogen and oxygen atoms in total. The lowest BCUT2D eigenvalue weighted by Crippen LogP contribution is -2.42. The summed E-state index contributed by atoms with van der Waals surface area (Å²) in [6, 6.07) is 8.33. The molecule has 1 aliphatic carbocycles. The number of rotatable bonds is 6. The van der Waals surface area contributed by atoms with Crippen LogP contribution < -0.4 is 15.0 Å². The molecular formula is C22H31N3O2S. The SMILES string of the molecule is COc1ccc2cc(CNCC3(O)CCCCC3)c(N3CCSCC3)nc2c1. The molecule has 2 aliphatic rings. The molecule has 0 bridgehead atoms. The fourth-order valence-corrected chi connectivity index (χ4v) is 5.21. The number of thioether (sulfide) groups is 1. The number of anilines is 1. The molecular weight excluding hydrogens is 370 g/mol. The van der Waals surface area contributed by atoms with Crippen molar-refractivity contribution in [1.82, 2.24) is 10.3 Å². The zero-order valence-corrected chi connectivity index (χ0v) is 17.6. The van der Waals surface area contributed by atoms with Crippen LogP contribution in [0.2, 0.25) is 0 Å². The molecule has 2 heterocycles. The van der Waals surface area contributed by atoms with E-state index in [0.717, 1.165) is 79.3 Å². The molecule has 0 atom stereocenters. The first kappa shape index (κ1) is 19.8. The second-order valence-corrected chi connectivity index (χ2v) is 9.24. The smallest absolute Gasteiger partial charge is 0.133 e. The number of fused-ring (bicyclic) bond motifs is 1. The maximum absolute atomic E-state index is 10.8. The number of aliphatic hydroxyl groups is 1. The van der Waals surface area contributed by atoms with Crippen molar-refractivity contribution in [1.29, 1.82) is 0 Å². The van der Waals surface area contributed by atoms with E-state index in [2.05, 4.69) is 22.3 Å². The summed E-state index contributed by atoms with van der Waals surface area (Å²) in [5.74, 6) is 4.20. The molecule has 28 heavy (non-hydrogen) atoms. The van der Waals surface area contributed by atoms with Crippen LogP contribution in [0.5, 0.6) is 5.75 Å². The van der Waals surface area contributed by atoms with E-state index in [0.29, 0.717) is 6.54 Å². The van der Waals surface area contributed by atoms with E-state index in [4.69, 9.17) is 9.72 Å². The minimum atomic E-state index is -0.544. The van der Waals surface area contributed by atoms with Gasteiger partial charge in [-0.3, -0.25) is 0 Å². The number of nitrogens with zero attached hydrogens (tertiary/aromatic N) is 2. The van der Waals surface area contributed by atoms with E-state index in [1.807, 2.05) is 23.9 Å². The molecule has 0 amide bonds. The van der Waals surface area contributed by atoms with Crippen molar-refractivity contribution in [2.24, 2.45) is 0 Å². The third-order valence-electron chi connectivity index (χ3n) is 5.95. The van der Waals surface area contributed by atoms with Crippen molar-refractivity contribution in [2.75, 3.05) is 43.1 Å². The normalized spacial score (nSPS) is 19.7. The molecule has 2 N–H and O–H groups in total. The van der Waals surface area contributed by atoms with Crippen LogP contribution in [0, 0.1) is 0 Å². The fraction of sp³-hybridized carbons (Fsp3) is 0.591. The highest BCUT2D eigenvalue weighted by Crippen LogP contribution is 2.30.